The summed E-state index contributed by atoms with van der Waals surface area (Å²) < 4.78 is 16.9. The van der Waals surface area contributed by atoms with Crippen LogP contribution in [0.25, 0.3) is 0 Å². The first-order valence-corrected chi connectivity index (χ1v) is 5.50. The third kappa shape index (κ3) is 1.82. The van der Waals surface area contributed by atoms with Crippen LogP contribution in [0.5, 0.6) is 0 Å². The van der Waals surface area contributed by atoms with Crippen LogP contribution in [0, 0.1) is 0 Å². The number of ether oxygens (including phenoxy) is 3. The Morgan fingerprint density at radius 2 is 2.19 bits per heavy atom. The zero-order valence-corrected chi connectivity index (χ0v) is 9.30. The second-order valence-electron chi connectivity index (χ2n) is 4.25. The summed E-state index contributed by atoms with van der Waals surface area (Å²) in [6.07, 6.45) is 3.11. The van der Waals surface area contributed by atoms with Crippen LogP contribution in [0.4, 0.5) is 0 Å². The third-order valence-electron chi connectivity index (χ3n) is 3.14. The zero-order chi connectivity index (χ0) is 11.6. The summed E-state index contributed by atoms with van der Waals surface area (Å²) in [5.74, 6) is 0. The zero-order valence-electron chi connectivity index (χ0n) is 9.30. The molecule has 0 aromatic carbocycles. The van der Waals surface area contributed by atoms with Gasteiger partial charge >= 0.3 is 0 Å². The van der Waals surface area contributed by atoms with E-state index in [9.17, 15) is 5.11 Å². The molecule has 0 bridgehead atoms. The van der Waals surface area contributed by atoms with Gasteiger partial charge in [0.25, 0.3) is 0 Å². The average Bonchev–Trinajstić information content (AvgIpc) is 2.80. The summed E-state index contributed by atoms with van der Waals surface area (Å²) >= 11 is 0. The van der Waals surface area contributed by atoms with Crippen molar-refractivity contribution in [1.29, 1.82) is 0 Å². The lowest BCUT2D eigenvalue weighted by atomic mass is 9.92. The molecule has 0 aliphatic carbocycles. The summed E-state index contributed by atoms with van der Waals surface area (Å²) in [4.78, 5) is 0. The van der Waals surface area contributed by atoms with Gasteiger partial charge in [-0.25, -0.2) is 0 Å². The Balaban J connectivity index is 2.13. The largest absolute Gasteiger partial charge is 0.388 e. The maximum absolute atomic E-state index is 9.67. The Labute approximate surface area is 95.5 Å². The van der Waals surface area contributed by atoms with Crippen molar-refractivity contribution in [3.05, 3.63) is 25.3 Å². The monoisotopic (exact) mass is 226 g/mol. The fourth-order valence-corrected chi connectivity index (χ4v) is 2.39. The highest BCUT2D eigenvalue weighted by molar-refractivity contribution is 5.07. The van der Waals surface area contributed by atoms with Crippen molar-refractivity contribution in [3.8, 4) is 0 Å². The fraction of sp³-hybridized carbons (Fsp3) is 0.667. The van der Waals surface area contributed by atoms with Crippen LogP contribution in [0.15, 0.2) is 25.3 Å². The van der Waals surface area contributed by atoms with E-state index in [2.05, 4.69) is 13.2 Å². The topological polar surface area (TPSA) is 47.9 Å². The molecule has 0 radical (unpaired) electrons. The lowest BCUT2D eigenvalue weighted by Gasteiger charge is -2.31. The standard InChI is InChI=1S/C12H18O4/c1-3-5-12(16-6-4-2)8-15-10-9(13)7-14-11(10)12/h3-4,9-11,13H,1-2,5-8H2/t9-,10-,11+,12+/m1/s1. The van der Waals surface area contributed by atoms with Gasteiger partial charge in [-0.05, 0) is 6.42 Å². The minimum Gasteiger partial charge on any atom is -0.388 e. The van der Waals surface area contributed by atoms with E-state index in [0.29, 0.717) is 26.2 Å². The quantitative estimate of drug-likeness (QED) is 0.700. The van der Waals surface area contributed by atoms with Gasteiger partial charge < -0.3 is 19.3 Å². The first kappa shape index (κ1) is 11.8. The van der Waals surface area contributed by atoms with Crippen LogP contribution in [0.3, 0.4) is 0 Å². The molecular weight excluding hydrogens is 208 g/mol. The molecule has 0 aromatic heterocycles. The maximum Gasteiger partial charge on any atom is 0.124 e. The minimum atomic E-state index is -0.552. The molecule has 2 saturated heterocycles. The Kier molecular flexibility index (Phi) is 3.44. The van der Waals surface area contributed by atoms with Crippen LogP contribution in [0.1, 0.15) is 6.42 Å². The fourth-order valence-electron chi connectivity index (χ4n) is 2.39. The smallest absolute Gasteiger partial charge is 0.124 e. The van der Waals surface area contributed by atoms with Crippen LogP contribution in [-0.4, -0.2) is 48.8 Å². The van der Waals surface area contributed by atoms with Crippen molar-refractivity contribution in [2.45, 2.75) is 30.3 Å². The molecule has 0 saturated carbocycles. The number of hydrogen-bond acceptors (Lipinski definition) is 4. The highest BCUT2D eigenvalue weighted by Gasteiger charge is 2.56. The van der Waals surface area contributed by atoms with E-state index in [1.807, 2.05) is 0 Å². The number of rotatable bonds is 5. The molecule has 0 amide bonds. The summed E-state index contributed by atoms with van der Waals surface area (Å²) in [5.41, 5.74) is -0.516. The maximum atomic E-state index is 9.67. The van der Waals surface area contributed by atoms with Gasteiger partial charge in [0.05, 0.1) is 19.8 Å². The van der Waals surface area contributed by atoms with Gasteiger partial charge in [-0.3, -0.25) is 0 Å². The van der Waals surface area contributed by atoms with Crippen molar-refractivity contribution in [3.63, 3.8) is 0 Å². The van der Waals surface area contributed by atoms with Crippen molar-refractivity contribution >= 4 is 0 Å². The molecule has 90 valence electrons. The van der Waals surface area contributed by atoms with E-state index >= 15 is 0 Å². The number of hydrogen-bond donors (Lipinski definition) is 1. The summed E-state index contributed by atoms with van der Waals surface area (Å²) in [6, 6.07) is 0. The predicted molar refractivity (Wildman–Crippen MR) is 59.2 cm³/mol. The Morgan fingerprint density at radius 3 is 2.88 bits per heavy atom. The Bertz CT molecular complexity index is 278. The lowest BCUT2D eigenvalue weighted by molar-refractivity contribution is -0.105. The molecule has 2 aliphatic heterocycles. The first-order valence-electron chi connectivity index (χ1n) is 5.50. The van der Waals surface area contributed by atoms with Crippen LogP contribution < -0.4 is 0 Å². The van der Waals surface area contributed by atoms with E-state index in [-0.39, 0.29) is 12.2 Å². The molecular formula is C12H18O4. The SMILES string of the molecule is C=CCO[C@@]1(CC=C)CO[C@@H]2[C@H](O)CO[C@@H]21. The molecule has 0 unspecified atom stereocenters. The lowest BCUT2D eigenvalue weighted by Crippen LogP contribution is -2.46. The summed E-state index contributed by atoms with van der Waals surface area (Å²) in [5, 5.41) is 9.67. The van der Waals surface area contributed by atoms with Crippen molar-refractivity contribution in [2.75, 3.05) is 19.8 Å². The molecule has 16 heavy (non-hydrogen) atoms. The van der Waals surface area contributed by atoms with Gasteiger partial charge in [-0.15, -0.1) is 13.2 Å². The van der Waals surface area contributed by atoms with Crippen molar-refractivity contribution < 1.29 is 19.3 Å². The number of fused-ring (bicyclic) bond motifs is 1. The molecule has 4 heteroatoms. The van der Waals surface area contributed by atoms with Crippen LogP contribution in [0.2, 0.25) is 0 Å². The molecule has 4 nitrogen and oxygen atoms in total. The molecule has 0 spiro atoms. The normalized spacial score (nSPS) is 41.9. The van der Waals surface area contributed by atoms with Gasteiger partial charge in [-0.2, -0.15) is 0 Å². The van der Waals surface area contributed by atoms with Crippen LogP contribution >= 0.6 is 0 Å². The van der Waals surface area contributed by atoms with E-state index in [4.69, 9.17) is 14.2 Å². The highest BCUT2D eigenvalue weighted by atomic mass is 16.6. The molecule has 1 N–H and O–H groups in total. The highest BCUT2D eigenvalue weighted by Crippen LogP contribution is 2.39. The summed E-state index contributed by atoms with van der Waals surface area (Å²) in [7, 11) is 0. The second kappa shape index (κ2) is 4.67. The second-order valence-corrected chi connectivity index (χ2v) is 4.25. The van der Waals surface area contributed by atoms with Gasteiger partial charge in [0.2, 0.25) is 0 Å². The summed E-state index contributed by atoms with van der Waals surface area (Å²) in [6.45, 7) is 8.55. The van der Waals surface area contributed by atoms with Crippen molar-refractivity contribution in [2.24, 2.45) is 0 Å². The number of aliphatic hydroxyl groups excluding tert-OH is 1. The van der Waals surface area contributed by atoms with Crippen molar-refractivity contribution in [1.82, 2.24) is 0 Å². The van der Waals surface area contributed by atoms with E-state index < -0.39 is 11.7 Å². The molecule has 4 atom stereocenters. The van der Waals surface area contributed by atoms with Gasteiger partial charge in [-0.1, -0.05) is 12.2 Å². The predicted octanol–water partition coefficient (Wildman–Crippen LogP) is 0.662. The number of aliphatic hydroxyl groups is 1. The minimum absolute atomic E-state index is 0.208. The van der Waals surface area contributed by atoms with Crippen LogP contribution in [-0.2, 0) is 14.2 Å². The van der Waals surface area contributed by atoms with Gasteiger partial charge in [0.15, 0.2) is 0 Å². The first-order chi connectivity index (χ1) is 7.73. The molecule has 2 rings (SSSR count). The van der Waals surface area contributed by atoms with Gasteiger partial charge in [0, 0.05) is 0 Å². The third-order valence-corrected chi connectivity index (χ3v) is 3.14. The van der Waals surface area contributed by atoms with Gasteiger partial charge in [0.1, 0.15) is 23.9 Å². The molecule has 2 fully saturated rings. The molecule has 2 heterocycles. The van der Waals surface area contributed by atoms with E-state index in [1.165, 1.54) is 0 Å². The Morgan fingerprint density at radius 1 is 1.38 bits per heavy atom. The molecule has 2 aliphatic rings. The van der Waals surface area contributed by atoms with E-state index in [1.54, 1.807) is 12.2 Å². The molecule has 0 aromatic rings. The average molecular weight is 226 g/mol. The Hall–Kier alpha value is -0.680. The van der Waals surface area contributed by atoms with E-state index in [0.717, 1.165) is 0 Å².